The number of carbonyl (C=O) groups is 1. The molecule has 1 saturated heterocycles. The van der Waals surface area contributed by atoms with Gasteiger partial charge in [-0.15, -0.1) is 0 Å². The first-order valence-corrected chi connectivity index (χ1v) is 11.0. The van der Waals surface area contributed by atoms with Gasteiger partial charge in [0.05, 0.1) is 24.1 Å². The molecule has 1 amide bonds. The van der Waals surface area contributed by atoms with Crippen LogP contribution in [0, 0.1) is 0 Å². The van der Waals surface area contributed by atoms with Gasteiger partial charge in [0.2, 0.25) is 0 Å². The van der Waals surface area contributed by atoms with Crippen molar-refractivity contribution in [3.05, 3.63) is 84.7 Å². The Morgan fingerprint density at radius 3 is 2.91 bits per heavy atom. The summed E-state index contributed by atoms with van der Waals surface area (Å²) in [7, 11) is 1.74. The minimum absolute atomic E-state index is 0.106. The molecule has 0 bridgehead atoms. The molecule has 4 heterocycles. The minimum Gasteiger partial charge on any atom is -0.386 e. The zero-order valence-corrected chi connectivity index (χ0v) is 18.5. The lowest BCUT2D eigenvalue weighted by molar-refractivity contribution is 0.0264. The quantitative estimate of drug-likeness (QED) is 0.494. The molecule has 0 saturated carbocycles. The van der Waals surface area contributed by atoms with Gasteiger partial charge in [0.25, 0.3) is 5.91 Å². The third-order valence-electron chi connectivity index (χ3n) is 6.12. The number of pyridine rings is 2. The number of rotatable bonds is 6. The van der Waals surface area contributed by atoms with Crippen LogP contribution in [0.25, 0.3) is 11.0 Å². The van der Waals surface area contributed by atoms with Crippen molar-refractivity contribution >= 4 is 22.6 Å². The lowest BCUT2D eigenvalue weighted by atomic mass is 10.0. The summed E-state index contributed by atoms with van der Waals surface area (Å²) in [5, 5.41) is 11.3. The van der Waals surface area contributed by atoms with Crippen LogP contribution in [0.15, 0.2) is 73.6 Å². The van der Waals surface area contributed by atoms with E-state index in [4.69, 9.17) is 0 Å². The van der Waals surface area contributed by atoms with Gasteiger partial charge in [-0.1, -0.05) is 12.1 Å². The Bertz CT molecular complexity index is 1270. The van der Waals surface area contributed by atoms with Gasteiger partial charge in [-0.3, -0.25) is 14.8 Å². The van der Waals surface area contributed by atoms with E-state index < -0.39 is 5.60 Å². The van der Waals surface area contributed by atoms with Crippen LogP contribution in [-0.4, -0.2) is 67.7 Å². The van der Waals surface area contributed by atoms with Crippen molar-refractivity contribution in [3.8, 4) is 0 Å². The van der Waals surface area contributed by atoms with Gasteiger partial charge in [0, 0.05) is 57.0 Å². The molecular weight excluding hydrogens is 416 g/mol. The summed E-state index contributed by atoms with van der Waals surface area (Å²) >= 11 is 0. The molecule has 0 aliphatic carbocycles. The topological polar surface area (TPSA) is 87.4 Å². The number of nitrogens with zero attached hydrogens (tertiary/aromatic N) is 6. The van der Waals surface area contributed by atoms with Crippen molar-refractivity contribution < 1.29 is 9.90 Å². The number of aromatic nitrogens is 4. The number of benzene rings is 1. The number of hydrogen-bond acceptors (Lipinski definition) is 6. The summed E-state index contributed by atoms with van der Waals surface area (Å²) in [6, 6.07) is 13.3. The van der Waals surface area contributed by atoms with Gasteiger partial charge in [0.15, 0.2) is 0 Å². The normalized spacial score (nSPS) is 18.1. The zero-order chi connectivity index (χ0) is 22.8. The predicted octanol–water partition coefficient (Wildman–Crippen LogP) is 2.59. The Morgan fingerprint density at radius 1 is 1.15 bits per heavy atom. The molecule has 33 heavy (non-hydrogen) atoms. The second-order valence-electron chi connectivity index (χ2n) is 8.69. The molecule has 0 unspecified atom stereocenters. The van der Waals surface area contributed by atoms with E-state index >= 15 is 0 Å². The van der Waals surface area contributed by atoms with E-state index in [0.29, 0.717) is 31.6 Å². The fourth-order valence-electron chi connectivity index (χ4n) is 4.54. The van der Waals surface area contributed by atoms with E-state index in [9.17, 15) is 9.90 Å². The van der Waals surface area contributed by atoms with Crippen molar-refractivity contribution in [3.63, 3.8) is 0 Å². The van der Waals surface area contributed by atoms with Crippen LogP contribution in [0.3, 0.4) is 0 Å². The summed E-state index contributed by atoms with van der Waals surface area (Å²) in [5.41, 5.74) is 3.24. The zero-order valence-electron chi connectivity index (χ0n) is 18.5. The number of carbonyl (C=O) groups excluding carboxylic acids is 1. The first kappa shape index (κ1) is 21.1. The first-order chi connectivity index (χ1) is 16.0. The number of β-amino-alcohol motifs (C(OH)–C–C–N with tert-alkyl or cyclic N) is 1. The van der Waals surface area contributed by atoms with E-state index in [1.807, 2.05) is 53.2 Å². The maximum absolute atomic E-state index is 13.1. The van der Waals surface area contributed by atoms with E-state index in [1.54, 1.807) is 36.9 Å². The van der Waals surface area contributed by atoms with Gasteiger partial charge in [0.1, 0.15) is 11.1 Å². The van der Waals surface area contributed by atoms with E-state index in [2.05, 4.69) is 19.9 Å². The minimum atomic E-state index is -0.997. The first-order valence-electron chi connectivity index (χ1n) is 11.0. The maximum Gasteiger partial charge on any atom is 0.253 e. The number of amides is 1. The fourth-order valence-corrected chi connectivity index (χ4v) is 4.54. The van der Waals surface area contributed by atoms with Crippen molar-refractivity contribution in [1.82, 2.24) is 24.4 Å². The molecule has 168 valence electrons. The molecule has 8 heteroatoms. The van der Waals surface area contributed by atoms with Crippen LogP contribution < -0.4 is 4.90 Å². The molecule has 1 aromatic carbocycles. The number of fused-ring (bicyclic) bond motifs is 1. The van der Waals surface area contributed by atoms with Crippen molar-refractivity contribution in [2.45, 2.75) is 18.6 Å². The second-order valence-corrected chi connectivity index (χ2v) is 8.69. The average Bonchev–Trinajstić information content (AvgIpc) is 3.48. The molecule has 8 nitrogen and oxygen atoms in total. The summed E-state index contributed by atoms with van der Waals surface area (Å²) in [5.74, 6) is -0.106. The highest BCUT2D eigenvalue weighted by Gasteiger charge is 2.38. The third kappa shape index (κ3) is 4.42. The van der Waals surface area contributed by atoms with Crippen LogP contribution in [0.1, 0.15) is 22.3 Å². The monoisotopic (exact) mass is 442 g/mol. The van der Waals surface area contributed by atoms with Crippen LogP contribution in [-0.2, 0) is 6.54 Å². The Morgan fingerprint density at radius 2 is 2.06 bits per heavy atom. The van der Waals surface area contributed by atoms with Crippen LogP contribution in [0.2, 0.25) is 0 Å². The number of likely N-dealkylation sites (N-methyl/N-ethyl adjacent to an activating group) is 1. The molecule has 0 spiro atoms. The van der Waals surface area contributed by atoms with Gasteiger partial charge < -0.3 is 19.5 Å². The van der Waals surface area contributed by atoms with Crippen LogP contribution >= 0.6 is 0 Å². The Hall–Kier alpha value is -3.78. The summed E-state index contributed by atoms with van der Waals surface area (Å²) in [6.07, 6.45) is 9.47. The Balaban J connectivity index is 1.28. The highest BCUT2D eigenvalue weighted by Crippen LogP contribution is 2.31. The third-order valence-corrected chi connectivity index (χ3v) is 6.12. The molecule has 1 N–H and O–H groups in total. The number of hydrogen-bond donors (Lipinski definition) is 1. The molecular formula is C25H26N6O2. The number of aliphatic hydroxyl groups is 1. The largest absolute Gasteiger partial charge is 0.386 e. The summed E-state index contributed by atoms with van der Waals surface area (Å²) in [4.78, 5) is 29.8. The summed E-state index contributed by atoms with van der Waals surface area (Å²) < 4.78 is 1.96. The molecule has 4 aromatic rings. The van der Waals surface area contributed by atoms with Gasteiger partial charge in [-0.25, -0.2) is 4.98 Å². The van der Waals surface area contributed by atoms with Crippen molar-refractivity contribution in [2.24, 2.45) is 0 Å². The lowest BCUT2D eigenvalue weighted by Crippen LogP contribution is -2.45. The fraction of sp³-hybridized carbons (Fsp3) is 0.280. The number of anilines is 1. The molecule has 1 aliphatic rings. The van der Waals surface area contributed by atoms with E-state index in [0.717, 1.165) is 22.3 Å². The molecule has 5 rings (SSSR count). The molecule has 1 atom stereocenters. The van der Waals surface area contributed by atoms with Gasteiger partial charge in [-0.2, -0.15) is 0 Å². The summed E-state index contributed by atoms with van der Waals surface area (Å²) in [6.45, 7) is 2.03. The lowest BCUT2D eigenvalue weighted by Gasteiger charge is -2.29. The van der Waals surface area contributed by atoms with Crippen LogP contribution in [0.5, 0.6) is 0 Å². The second kappa shape index (κ2) is 8.63. The van der Waals surface area contributed by atoms with Crippen LogP contribution in [0.4, 0.5) is 5.69 Å². The van der Waals surface area contributed by atoms with Crippen molar-refractivity contribution in [2.75, 3.05) is 31.6 Å². The smallest absolute Gasteiger partial charge is 0.253 e. The van der Waals surface area contributed by atoms with E-state index in [-0.39, 0.29) is 12.5 Å². The highest BCUT2D eigenvalue weighted by atomic mass is 16.3. The SMILES string of the molecule is CN(C[C@]1(O)CCN(c2ccnc3cccnc23)C1)C(=O)c1cccc(Cn2ccnc2)c1. The molecule has 3 aromatic heterocycles. The standard InChI is InChI=1S/C25H26N6O2/c1-29(24(32)20-5-2-4-19(14-20)15-30-13-11-26-18-30)16-25(33)8-12-31(17-25)22-7-10-27-21-6-3-9-28-23(21)22/h2-7,9-11,13-14,18,33H,8,12,15-17H2,1H3/t25-/m1/s1. The Kier molecular flexibility index (Phi) is 5.51. The Labute approximate surface area is 192 Å². The van der Waals surface area contributed by atoms with Crippen molar-refractivity contribution in [1.29, 1.82) is 0 Å². The number of imidazole rings is 1. The maximum atomic E-state index is 13.1. The molecule has 1 fully saturated rings. The predicted molar refractivity (Wildman–Crippen MR) is 126 cm³/mol. The van der Waals surface area contributed by atoms with Gasteiger partial charge >= 0.3 is 0 Å². The highest BCUT2D eigenvalue weighted by molar-refractivity contribution is 5.94. The van der Waals surface area contributed by atoms with Gasteiger partial charge in [-0.05, 0) is 42.3 Å². The van der Waals surface area contributed by atoms with E-state index in [1.165, 1.54) is 0 Å². The average molecular weight is 443 g/mol. The molecule has 1 aliphatic heterocycles. The molecule has 0 radical (unpaired) electrons.